The van der Waals surface area contributed by atoms with Crippen molar-refractivity contribution in [1.29, 1.82) is 0 Å². The highest BCUT2D eigenvalue weighted by Crippen LogP contribution is 2.34. The zero-order chi connectivity index (χ0) is 35.5. The van der Waals surface area contributed by atoms with Gasteiger partial charge in [0, 0.05) is 20.2 Å². The fourth-order valence-electron chi connectivity index (χ4n) is 6.19. The van der Waals surface area contributed by atoms with Crippen LogP contribution < -0.4 is 21.3 Å². The van der Waals surface area contributed by atoms with Crippen LogP contribution in [0.25, 0.3) is 0 Å². The smallest absolute Gasteiger partial charge is 0.315 e. The first kappa shape index (κ1) is 39.4. The summed E-state index contributed by atoms with van der Waals surface area (Å²) in [6.07, 6.45) is 2.47. The second kappa shape index (κ2) is 18.0. The van der Waals surface area contributed by atoms with Gasteiger partial charge in [-0.05, 0) is 41.6 Å². The fraction of sp³-hybridized carbons (Fsp3) is 0.639. The van der Waals surface area contributed by atoms with Gasteiger partial charge in [0.05, 0.1) is 12.1 Å². The van der Waals surface area contributed by atoms with E-state index < -0.39 is 59.3 Å². The Labute approximate surface area is 281 Å². The van der Waals surface area contributed by atoms with Crippen molar-refractivity contribution in [3.63, 3.8) is 0 Å². The summed E-state index contributed by atoms with van der Waals surface area (Å²) >= 11 is 0. The molecule has 0 saturated carbocycles. The number of hydrogen-bond acceptors (Lipinski definition) is 6. The van der Waals surface area contributed by atoms with E-state index >= 15 is 0 Å². The maximum Gasteiger partial charge on any atom is 0.315 e. The first-order valence-electron chi connectivity index (χ1n) is 16.8. The van der Waals surface area contributed by atoms with Crippen LogP contribution in [-0.2, 0) is 23.9 Å². The standard InChI is InChI=1S/C36H57N5O6/c1-11-16-26(29(42)33(44)37-20-12-2)38-32(43)28-25(22(3)4)19-21-41(28)34(45)31(36(7,8)9)40-35(46)39-27(23(5)6)30(47-10)24-17-14-13-15-18-24/h12-15,17-18,22-23,25-28,30-31H,2,11,16,19-21H2,1,3-10H3,(H,37,44)(H,38,43)(H2,39,40,46)/t25-,26?,27+,28+,30-,31-/m1/s1. The van der Waals surface area contributed by atoms with Crippen molar-refractivity contribution in [3.05, 3.63) is 48.6 Å². The molecule has 262 valence electrons. The van der Waals surface area contributed by atoms with Crippen molar-refractivity contribution >= 4 is 29.5 Å². The summed E-state index contributed by atoms with van der Waals surface area (Å²) in [5.74, 6) is -2.53. The van der Waals surface area contributed by atoms with Gasteiger partial charge in [0.1, 0.15) is 18.2 Å². The second-order valence-corrected chi connectivity index (χ2v) is 14.1. The third kappa shape index (κ3) is 10.6. The Hall–Kier alpha value is -3.73. The lowest BCUT2D eigenvalue weighted by Gasteiger charge is -2.38. The lowest BCUT2D eigenvalue weighted by atomic mass is 9.84. The lowest BCUT2D eigenvalue weighted by molar-refractivity contribution is -0.144. The van der Waals surface area contributed by atoms with E-state index in [2.05, 4.69) is 27.8 Å². The van der Waals surface area contributed by atoms with Gasteiger partial charge in [-0.25, -0.2) is 4.79 Å². The molecule has 0 spiro atoms. The van der Waals surface area contributed by atoms with Gasteiger partial charge in [-0.1, -0.05) is 98.2 Å². The SMILES string of the molecule is C=CCNC(=O)C(=O)C(CCC)NC(=O)[C@@H]1[C@@H](C(C)C)CCN1C(=O)[C@@H](NC(=O)N[C@@H](C(C)C)[C@H](OC)c1ccccc1)C(C)(C)C. The van der Waals surface area contributed by atoms with Gasteiger partial charge >= 0.3 is 6.03 Å². The van der Waals surface area contributed by atoms with Crippen LogP contribution in [0.15, 0.2) is 43.0 Å². The van der Waals surface area contributed by atoms with Gasteiger partial charge in [-0.15, -0.1) is 6.58 Å². The quantitative estimate of drug-likeness (QED) is 0.156. The summed E-state index contributed by atoms with van der Waals surface area (Å²) in [5.41, 5.74) is 0.212. The molecule has 1 fully saturated rings. The zero-order valence-electron chi connectivity index (χ0n) is 29.7. The predicted octanol–water partition coefficient (Wildman–Crippen LogP) is 4.14. The molecule has 1 unspecified atom stereocenters. The van der Waals surface area contributed by atoms with Gasteiger partial charge in [0.25, 0.3) is 5.91 Å². The van der Waals surface area contributed by atoms with E-state index in [1.54, 1.807) is 7.11 Å². The average molecular weight is 656 g/mol. The molecule has 5 amide bonds. The van der Waals surface area contributed by atoms with Crippen molar-refractivity contribution in [2.45, 2.75) is 105 Å². The Morgan fingerprint density at radius 1 is 1.02 bits per heavy atom. The van der Waals surface area contributed by atoms with E-state index in [9.17, 15) is 24.0 Å². The third-order valence-corrected chi connectivity index (χ3v) is 8.81. The fourth-order valence-corrected chi connectivity index (χ4v) is 6.19. The molecule has 6 atom stereocenters. The molecular formula is C36H57N5O6. The largest absolute Gasteiger partial charge is 0.375 e. The van der Waals surface area contributed by atoms with E-state index in [4.69, 9.17) is 4.74 Å². The van der Waals surface area contributed by atoms with Crippen LogP contribution >= 0.6 is 0 Å². The highest BCUT2D eigenvalue weighted by molar-refractivity contribution is 6.38. The lowest BCUT2D eigenvalue weighted by Crippen LogP contribution is -2.61. The van der Waals surface area contributed by atoms with Crippen LogP contribution in [0.1, 0.15) is 86.3 Å². The number of likely N-dealkylation sites (tertiary alicyclic amines) is 1. The van der Waals surface area contributed by atoms with E-state index in [-0.39, 0.29) is 36.6 Å². The molecule has 0 aromatic heterocycles. The van der Waals surface area contributed by atoms with E-state index in [1.807, 2.05) is 85.7 Å². The Balaban J connectivity index is 2.34. The molecule has 47 heavy (non-hydrogen) atoms. The van der Waals surface area contributed by atoms with Gasteiger partial charge in [0.15, 0.2) is 0 Å². The Morgan fingerprint density at radius 2 is 1.66 bits per heavy atom. The number of nitrogens with one attached hydrogen (secondary N) is 4. The Bertz CT molecular complexity index is 1230. The van der Waals surface area contributed by atoms with Gasteiger partial charge in [-0.2, -0.15) is 0 Å². The minimum Gasteiger partial charge on any atom is -0.375 e. The second-order valence-electron chi connectivity index (χ2n) is 14.1. The van der Waals surface area contributed by atoms with Crippen LogP contribution in [0, 0.1) is 23.2 Å². The zero-order valence-corrected chi connectivity index (χ0v) is 29.7. The topological polar surface area (TPSA) is 146 Å². The van der Waals surface area contributed by atoms with Crippen LogP contribution in [0.4, 0.5) is 4.79 Å². The molecular weight excluding hydrogens is 598 g/mol. The number of ether oxygens (including phenoxy) is 1. The van der Waals surface area contributed by atoms with Crippen molar-refractivity contribution in [2.24, 2.45) is 23.2 Å². The van der Waals surface area contributed by atoms with Gasteiger partial charge in [-0.3, -0.25) is 19.2 Å². The highest BCUT2D eigenvalue weighted by Gasteiger charge is 2.48. The molecule has 4 N–H and O–H groups in total. The first-order chi connectivity index (χ1) is 22.1. The van der Waals surface area contributed by atoms with E-state index in [0.29, 0.717) is 19.4 Å². The molecule has 1 aliphatic heterocycles. The van der Waals surface area contributed by atoms with Crippen LogP contribution in [0.3, 0.4) is 0 Å². The maximum absolute atomic E-state index is 14.4. The monoisotopic (exact) mass is 655 g/mol. The number of carbonyl (C=O) groups excluding carboxylic acids is 5. The molecule has 1 aromatic carbocycles. The van der Waals surface area contributed by atoms with Crippen molar-refractivity contribution < 1.29 is 28.7 Å². The first-order valence-corrected chi connectivity index (χ1v) is 16.8. The number of urea groups is 1. The number of methoxy groups -OCH3 is 1. The number of Topliss-reactive ketones (excluding diaryl/α,β-unsaturated/α-hetero) is 1. The molecule has 1 heterocycles. The molecule has 0 aliphatic carbocycles. The summed E-state index contributed by atoms with van der Waals surface area (Å²) in [6, 6.07) is 5.85. The Kier molecular flexibility index (Phi) is 15.1. The van der Waals surface area contributed by atoms with Crippen LogP contribution in [0.5, 0.6) is 0 Å². The van der Waals surface area contributed by atoms with Gasteiger partial charge in [0.2, 0.25) is 17.6 Å². The minimum absolute atomic E-state index is 0.00535. The number of rotatable bonds is 16. The van der Waals surface area contributed by atoms with Crippen LogP contribution in [-0.4, -0.2) is 78.8 Å². The highest BCUT2D eigenvalue weighted by atomic mass is 16.5. The number of hydrogen-bond donors (Lipinski definition) is 4. The predicted molar refractivity (Wildman–Crippen MR) is 183 cm³/mol. The third-order valence-electron chi connectivity index (χ3n) is 8.81. The van der Waals surface area contributed by atoms with Crippen molar-refractivity contribution in [1.82, 2.24) is 26.2 Å². The van der Waals surface area contributed by atoms with Gasteiger partial charge < -0.3 is 30.9 Å². The molecule has 1 aromatic rings. The van der Waals surface area contributed by atoms with Crippen LogP contribution in [0.2, 0.25) is 0 Å². The Morgan fingerprint density at radius 3 is 2.17 bits per heavy atom. The summed E-state index contributed by atoms with van der Waals surface area (Å²) in [5, 5.41) is 11.2. The molecule has 0 bridgehead atoms. The number of ketones is 1. The molecule has 11 nitrogen and oxygen atoms in total. The summed E-state index contributed by atoms with van der Waals surface area (Å²) in [6.45, 7) is 19.4. The van der Waals surface area contributed by atoms with Crippen molar-refractivity contribution in [3.8, 4) is 0 Å². The minimum atomic E-state index is -1.03. The molecule has 11 heteroatoms. The number of benzene rings is 1. The summed E-state index contributed by atoms with van der Waals surface area (Å²) < 4.78 is 5.82. The molecule has 1 saturated heterocycles. The number of nitrogens with zero attached hydrogens (tertiary/aromatic N) is 1. The average Bonchev–Trinajstić information content (AvgIpc) is 3.47. The summed E-state index contributed by atoms with van der Waals surface area (Å²) in [7, 11) is 1.60. The van der Waals surface area contributed by atoms with E-state index in [1.165, 1.54) is 11.0 Å². The molecule has 1 aliphatic rings. The number of amides is 5. The van der Waals surface area contributed by atoms with E-state index in [0.717, 1.165) is 5.56 Å². The number of carbonyl (C=O) groups is 5. The molecule has 2 rings (SSSR count). The van der Waals surface area contributed by atoms with Crippen molar-refractivity contribution in [2.75, 3.05) is 20.2 Å². The maximum atomic E-state index is 14.4. The molecule has 0 radical (unpaired) electrons. The summed E-state index contributed by atoms with van der Waals surface area (Å²) in [4.78, 5) is 68.8. The normalized spacial score (nSPS) is 19.0.